The van der Waals surface area contributed by atoms with Gasteiger partial charge in [-0.25, -0.2) is 19.7 Å². The van der Waals surface area contributed by atoms with Crippen molar-refractivity contribution in [1.29, 1.82) is 0 Å². The summed E-state index contributed by atoms with van der Waals surface area (Å²) in [6.07, 6.45) is 2.75. The second-order valence-corrected chi connectivity index (χ2v) is 6.18. The van der Waals surface area contributed by atoms with Crippen molar-refractivity contribution in [2.75, 3.05) is 6.61 Å². The van der Waals surface area contributed by atoms with E-state index in [0.717, 1.165) is 19.3 Å². The maximum absolute atomic E-state index is 13.6. The number of benzene rings is 1. The van der Waals surface area contributed by atoms with Gasteiger partial charge < -0.3 is 4.74 Å². The van der Waals surface area contributed by atoms with Crippen LogP contribution in [0, 0.1) is 5.82 Å². The first-order valence-electron chi connectivity index (χ1n) is 7.48. The number of carbonyl (C=O) groups is 1. The topological polar surface area (TPSA) is 60.5 Å². The third kappa shape index (κ3) is 4.34. The average molecular weight is 336 g/mol. The summed E-state index contributed by atoms with van der Waals surface area (Å²) >= 11 is 1.32. The molecular formula is C16H17FN2O3S. The minimum absolute atomic E-state index is 0.261. The van der Waals surface area contributed by atoms with E-state index in [1.54, 1.807) is 23.6 Å². The number of thiazole rings is 1. The van der Waals surface area contributed by atoms with E-state index < -0.39 is 12.2 Å². The van der Waals surface area contributed by atoms with Crippen LogP contribution in [0.5, 0.6) is 0 Å². The Morgan fingerprint density at radius 2 is 2.30 bits per heavy atom. The number of hydrogen-bond donors (Lipinski definition) is 1. The summed E-state index contributed by atoms with van der Waals surface area (Å²) < 4.78 is 19.0. The number of halogens is 1. The molecule has 0 spiro atoms. The summed E-state index contributed by atoms with van der Waals surface area (Å²) in [5.41, 5.74) is 3.18. The van der Waals surface area contributed by atoms with E-state index in [9.17, 15) is 9.18 Å². The van der Waals surface area contributed by atoms with Crippen LogP contribution in [0.2, 0.25) is 0 Å². The molecule has 0 radical (unpaired) electrons. The van der Waals surface area contributed by atoms with Gasteiger partial charge in [0.25, 0.3) is 5.91 Å². The predicted octanol–water partition coefficient (Wildman–Crippen LogP) is 3.06. The fourth-order valence-electron chi connectivity index (χ4n) is 2.28. The highest BCUT2D eigenvalue weighted by Crippen LogP contribution is 2.17. The predicted molar refractivity (Wildman–Crippen MR) is 83.5 cm³/mol. The Morgan fingerprint density at radius 3 is 3.09 bits per heavy atom. The van der Waals surface area contributed by atoms with E-state index in [1.807, 2.05) is 0 Å². The summed E-state index contributed by atoms with van der Waals surface area (Å²) in [5, 5.41) is 2.31. The van der Waals surface area contributed by atoms with E-state index in [2.05, 4.69) is 10.5 Å². The molecular weight excluding hydrogens is 319 g/mol. The van der Waals surface area contributed by atoms with Crippen LogP contribution in [0.25, 0.3) is 0 Å². The van der Waals surface area contributed by atoms with Crippen LogP contribution >= 0.6 is 11.3 Å². The van der Waals surface area contributed by atoms with Crippen LogP contribution in [-0.4, -0.2) is 23.8 Å². The first kappa shape index (κ1) is 16.0. The van der Waals surface area contributed by atoms with Gasteiger partial charge in [-0.2, -0.15) is 0 Å². The minimum Gasteiger partial charge on any atom is -0.350 e. The molecule has 1 aromatic carbocycles. The number of hydrogen-bond acceptors (Lipinski definition) is 5. The first-order valence-corrected chi connectivity index (χ1v) is 8.36. The summed E-state index contributed by atoms with van der Waals surface area (Å²) in [4.78, 5) is 21.5. The fourth-order valence-corrected chi connectivity index (χ4v) is 3.07. The van der Waals surface area contributed by atoms with Crippen molar-refractivity contribution in [3.05, 3.63) is 51.7 Å². The Hall–Kier alpha value is -1.83. The van der Waals surface area contributed by atoms with Gasteiger partial charge in [0, 0.05) is 24.8 Å². The third-order valence-corrected chi connectivity index (χ3v) is 4.35. The Bertz CT molecular complexity index is 671. The molecule has 1 amide bonds. The molecule has 0 aliphatic carbocycles. The number of carbonyl (C=O) groups excluding carboxylic acids is 1. The summed E-state index contributed by atoms with van der Waals surface area (Å²) in [6.45, 7) is 0.643. The second-order valence-electron chi connectivity index (χ2n) is 5.24. The highest BCUT2D eigenvalue weighted by Gasteiger charge is 2.18. The maximum atomic E-state index is 13.6. The third-order valence-electron chi connectivity index (χ3n) is 3.50. The van der Waals surface area contributed by atoms with Gasteiger partial charge in [-0.3, -0.25) is 4.79 Å². The molecule has 1 aromatic heterocycles. The standard InChI is InChI=1S/C16H17FN2O3S/c17-12-6-2-1-5-11(12)9-14-18-13(10-23-14)16(20)19-22-15-7-3-4-8-21-15/h1-2,5-6,10,15H,3-4,7-9H2,(H,19,20). The van der Waals surface area contributed by atoms with Crippen molar-refractivity contribution in [2.45, 2.75) is 32.0 Å². The van der Waals surface area contributed by atoms with Gasteiger partial charge in [0.05, 0.1) is 5.01 Å². The number of nitrogens with one attached hydrogen (secondary N) is 1. The normalized spacial score (nSPS) is 17.9. The lowest BCUT2D eigenvalue weighted by atomic mass is 10.1. The van der Waals surface area contributed by atoms with Crippen molar-refractivity contribution in [1.82, 2.24) is 10.5 Å². The number of amides is 1. The van der Waals surface area contributed by atoms with Crippen LogP contribution in [0.3, 0.4) is 0 Å². The summed E-state index contributed by atoms with van der Waals surface area (Å²) in [5.74, 6) is -0.693. The highest BCUT2D eigenvalue weighted by atomic mass is 32.1. The second kappa shape index (κ2) is 7.63. The zero-order valence-corrected chi connectivity index (χ0v) is 13.3. The molecule has 1 unspecified atom stereocenters. The molecule has 5 nitrogen and oxygen atoms in total. The summed E-state index contributed by atoms with van der Waals surface area (Å²) in [7, 11) is 0. The molecule has 1 aliphatic heterocycles. The number of rotatable bonds is 5. The Balaban J connectivity index is 1.55. The Labute approximate surface area is 137 Å². The molecule has 7 heteroatoms. The van der Waals surface area contributed by atoms with Gasteiger partial charge in [-0.1, -0.05) is 18.2 Å². The van der Waals surface area contributed by atoms with E-state index in [0.29, 0.717) is 23.6 Å². The van der Waals surface area contributed by atoms with Crippen LogP contribution < -0.4 is 5.48 Å². The van der Waals surface area contributed by atoms with E-state index in [1.165, 1.54) is 17.4 Å². The lowest BCUT2D eigenvalue weighted by Gasteiger charge is -2.21. The molecule has 0 bridgehead atoms. The van der Waals surface area contributed by atoms with Gasteiger partial charge in [-0.05, 0) is 24.5 Å². The molecule has 1 fully saturated rings. The van der Waals surface area contributed by atoms with Crippen molar-refractivity contribution < 1.29 is 18.8 Å². The van der Waals surface area contributed by atoms with Crippen molar-refractivity contribution in [3.63, 3.8) is 0 Å². The van der Waals surface area contributed by atoms with Crippen LogP contribution in [-0.2, 0) is 16.0 Å². The molecule has 0 saturated carbocycles. The van der Waals surface area contributed by atoms with Gasteiger partial charge in [0.15, 0.2) is 6.29 Å². The molecule has 2 aromatic rings. The Kier molecular flexibility index (Phi) is 5.32. The molecule has 1 N–H and O–H groups in total. The minimum atomic E-state index is -0.421. The molecule has 2 heterocycles. The van der Waals surface area contributed by atoms with Crippen molar-refractivity contribution in [2.24, 2.45) is 0 Å². The van der Waals surface area contributed by atoms with E-state index >= 15 is 0 Å². The fraction of sp³-hybridized carbons (Fsp3) is 0.375. The number of nitrogens with zero attached hydrogens (tertiary/aromatic N) is 1. The summed E-state index contributed by atoms with van der Waals surface area (Å²) in [6, 6.07) is 6.54. The van der Waals surface area contributed by atoms with Gasteiger partial charge in [-0.15, -0.1) is 11.3 Å². The highest BCUT2D eigenvalue weighted by molar-refractivity contribution is 7.09. The molecule has 1 atom stereocenters. The zero-order chi connectivity index (χ0) is 16.1. The quantitative estimate of drug-likeness (QED) is 0.853. The van der Waals surface area contributed by atoms with E-state index in [4.69, 9.17) is 9.57 Å². The average Bonchev–Trinajstić information content (AvgIpc) is 3.04. The SMILES string of the molecule is O=C(NOC1CCCCO1)c1csc(Cc2ccccc2F)n1. The smallest absolute Gasteiger partial charge is 0.294 e. The maximum Gasteiger partial charge on any atom is 0.294 e. The first-order chi connectivity index (χ1) is 11.2. The number of hydroxylamine groups is 1. The van der Waals surface area contributed by atoms with Crippen molar-refractivity contribution >= 4 is 17.2 Å². The largest absolute Gasteiger partial charge is 0.350 e. The molecule has 122 valence electrons. The van der Waals surface area contributed by atoms with Crippen LogP contribution in [0.1, 0.15) is 40.3 Å². The van der Waals surface area contributed by atoms with Gasteiger partial charge in [0.2, 0.25) is 0 Å². The Morgan fingerprint density at radius 1 is 1.43 bits per heavy atom. The molecule has 3 rings (SSSR count). The number of aromatic nitrogens is 1. The van der Waals surface area contributed by atoms with Gasteiger partial charge in [0.1, 0.15) is 11.5 Å². The monoisotopic (exact) mass is 336 g/mol. The van der Waals surface area contributed by atoms with E-state index in [-0.39, 0.29) is 11.5 Å². The number of ether oxygens (including phenoxy) is 1. The zero-order valence-electron chi connectivity index (χ0n) is 12.5. The molecule has 1 aliphatic rings. The van der Waals surface area contributed by atoms with Crippen LogP contribution in [0.15, 0.2) is 29.6 Å². The lowest BCUT2D eigenvalue weighted by molar-refractivity contribution is -0.186. The molecule has 1 saturated heterocycles. The lowest BCUT2D eigenvalue weighted by Crippen LogP contribution is -2.33. The van der Waals surface area contributed by atoms with Crippen molar-refractivity contribution in [3.8, 4) is 0 Å². The van der Waals surface area contributed by atoms with Gasteiger partial charge >= 0.3 is 0 Å². The van der Waals surface area contributed by atoms with Crippen LogP contribution in [0.4, 0.5) is 4.39 Å². The molecule has 23 heavy (non-hydrogen) atoms.